The molecule has 2 heterocycles. The van der Waals surface area contributed by atoms with Gasteiger partial charge in [0.05, 0.1) is 0 Å². The molecule has 0 aliphatic carbocycles. The van der Waals surface area contributed by atoms with Crippen molar-refractivity contribution in [1.29, 1.82) is 0 Å². The summed E-state index contributed by atoms with van der Waals surface area (Å²) in [4.78, 5) is 23.9. The number of aryl methyl sites for hydroxylation is 1. The maximum absolute atomic E-state index is 12.8. The molecule has 1 N–H and O–H groups in total. The number of hydrogen-bond acceptors (Lipinski definition) is 5. The Bertz CT molecular complexity index is 1060. The lowest BCUT2D eigenvalue weighted by molar-refractivity contribution is -0.120. The lowest BCUT2D eigenvalue weighted by Crippen LogP contribution is -2.38. The number of benzene rings is 2. The van der Waals surface area contributed by atoms with Crippen LogP contribution in [0.2, 0.25) is 0 Å². The van der Waals surface area contributed by atoms with Crippen molar-refractivity contribution in [3.05, 3.63) is 72.1 Å². The fourth-order valence-corrected chi connectivity index (χ4v) is 3.90. The third kappa shape index (κ3) is 5.25. The molecule has 4 rings (SSSR count). The Balaban J connectivity index is 1.38. The summed E-state index contributed by atoms with van der Waals surface area (Å²) in [6.07, 6.45) is 4.84. The van der Waals surface area contributed by atoms with E-state index in [2.05, 4.69) is 46.2 Å². The monoisotopic (exact) mass is 430 g/mol. The second-order valence-electron chi connectivity index (χ2n) is 8.63. The van der Waals surface area contributed by atoms with Gasteiger partial charge in [-0.2, -0.15) is 0 Å². The molecule has 1 amide bonds. The highest BCUT2D eigenvalue weighted by Gasteiger charge is 2.27. The number of aromatic nitrogens is 2. The molecule has 0 bridgehead atoms. The van der Waals surface area contributed by atoms with E-state index in [0.29, 0.717) is 11.8 Å². The maximum atomic E-state index is 12.8. The van der Waals surface area contributed by atoms with Crippen LogP contribution in [0, 0.1) is 12.8 Å². The van der Waals surface area contributed by atoms with Gasteiger partial charge < -0.3 is 15.0 Å². The van der Waals surface area contributed by atoms with Crippen LogP contribution >= 0.6 is 0 Å². The van der Waals surface area contributed by atoms with E-state index in [9.17, 15) is 4.79 Å². The molecule has 1 aromatic heterocycles. The molecular formula is C26H30N4O2. The van der Waals surface area contributed by atoms with Gasteiger partial charge >= 0.3 is 0 Å². The number of piperidine rings is 1. The van der Waals surface area contributed by atoms with Crippen LogP contribution in [0.4, 0.5) is 11.5 Å². The number of hydrogen-bond donors (Lipinski definition) is 1. The molecule has 1 aliphatic rings. The second kappa shape index (κ2) is 9.81. The standard InChI is InChI=1S/C26H30N4O2/c1-18(2)21-5-4-6-22(17-21)29-25(31)20-11-15-30(16-12-20)24-26(28-14-13-27-24)32-23-9-7-19(3)8-10-23/h4-10,13-14,17-18,20H,11-12,15-16H2,1-3H3,(H,29,31). The highest BCUT2D eigenvalue weighted by atomic mass is 16.5. The van der Waals surface area contributed by atoms with Crippen LogP contribution in [0.3, 0.4) is 0 Å². The number of carbonyl (C=O) groups excluding carboxylic acids is 1. The summed E-state index contributed by atoms with van der Waals surface area (Å²) in [6.45, 7) is 7.80. The predicted molar refractivity (Wildman–Crippen MR) is 127 cm³/mol. The van der Waals surface area contributed by atoms with E-state index < -0.39 is 0 Å². The Morgan fingerprint density at radius 1 is 1.06 bits per heavy atom. The highest BCUT2D eigenvalue weighted by Crippen LogP contribution is 2.31. The zero-order valence-electron chi connectivity index (χ0n) is 18.9. The SMILES string of the molecule is Cc1ccc(Oc2nccnc2N2CCC(C(=O)Nc3cccc(C(C)C)c3)CC2)cc1. The van der Waals surface area contributed by atoms with Gasteiger partial charge in [0.15, 0.2) is 5.82 Å². The van der Waals surface area contributed by atoms with Gasteiger partial charge in [0.1, 0.15) is 5.75 Å². The van der Waals surface area contributed by atoms with E-state index in [-0.39, 0.29) is 11.8 Å². The van der Waals surface area contributed by atoms with Gasteiger partial charge in [-0.15, -0.1) is 0 Å². The van der Waals surface area contributed by atoms with E-state index in [1.165, 1.54) is 11.1 Å². The number of ether oxygens (including phenoxy) is 1. The topological polar surface area (TPSA) is 67.4 Å². The third-order valence-corrected chi connectivity index (χ3v) is 5.87. The molecule has 32 heavy (non-hydrogen) atoms. The summed E-state index contributed by atoms with van der Waals surface area (Å²) in [5.41, 5.74) is 3.26. The van der Waals surface area contributed by atoms with Crippen LogP contribution < -0.4 is 15.0 Å². The first-order chi connectivity index (χ1) is 15.5. The van der Waals surface area contributed by atoms with Crippen molar-refractivity contribution in [2.24, 2.45) is 5.92 Å². The number of anilines is 2. The Morgan fingerprint density at radius 3 is 2.50 bits per heavy atom. The molecule has 1 aliphatic heterocycles. The van der Waals surface area contributed by atoms with Gasteiger partial charge in [-0.1, -0.05) is 43.7 Å². The summed E-state index contributed by atoms with van der Waals surface area (Å²) in [6, 6.07) is 16.0. The molecule has 0 unspecified atom stereocenters. The van der Waals surface area contributed by atoms with Crippen LogP contribution in [0.1, 0.15) is 43.7 Å². The Labute approximate surface area is 189 Å². The first-order valence-electron chi connectivity index (χ1n) is 11.2. The maximum Gasteiger partial charge on any atom is 0.263 e. The van der Waals surface area contributed by atoms with Crippen molar-refractivity contribution >= 4 is 17.4 Å². The van der Waals surface area contributed by atoms with Crippen molar-refractivity contribution in [2.45, 2.75) is 39.5 Å². The summed E-state index contributed by atoms with van der Waals surface area (Å²) in [5, 5.41) is 3.10. The molecule has 166 valence electrons. The molecule has 1 fully saturated rings. The lowest BCUT2D eigenvalue weighted by Gasteiger charge is -2.32. The van der Waals surface area contributed by atoms with Gasteiger partial charge in [-0.3, -0.25) is 4.79 Å². The zero-order chi connectivity index (χ0) is 22.5. The van der Waals surface area contributed by atoms with Crippen molar-refractivity contribution < 1.29 is 9.53 Å². The Hall–Kier alpha value is -3.41. The normalized spacial score (nSPS) is 14.4. The van der Waals surface area contributed by atoms with E-state index >= 15 is 0 Å². The predicted octanol–water partition coefficient (Wildman–Crippen LogP) is 5.56. The largest absolute Gasteiger partial charge is 0.436 e. The summed E-state index contributed by atoms with van der Waals surface area (Å²) in [7, 11) is 0. The van der Waals surface area contributed by atoms with Gasteiger partial charge in [-0.05, 0) is 55.5 Å². The van der Waals surface area contributed by atoms with Crippen LogP contribution in [-0.4, -0.2) is 29.0 Å². The number of carbonyl (C=O) groups is 1. The third-order valence-electron chi connectivity index (χ3n) is 5.87. The summed E-state index contributed by atoms with van der Waals surface area (Å²) < 4.78 is 6.01. The van der Waals surface area contributed by atoms with Crippen molar-refractivity contribution in [1.82, 2.24) is 9.97 Å². The van der Waals surface area contributed by atoms with Crippen molar-refractivity contribution in [3.8, 4) is 11.6 Å². The quantitative estimate of drug-likeness (QED) is 0.555. The van der Waals surface area contributed by atoms with Crippen molar-refractivity contribution in [2.75, 3.05) is 23.3 Å². The van der Waals surface area contributed by atoms with E-state index in [4.69, 9.17) is 4.74 Å². The molecule has 2 aromatic carbocycles. The minimum Gasteiger partial charge on any atom is -0.436 e. The Morgan fingerprint density at radius 2 is 1.78 bits per heavy atom. The second-order valence-corrected chi connectivity index (χ2v) is 8.63. The average Bonchev–Trinajstić information content (AvgIpc) is 2.81. The number of amides is 1. The fourth-order valence-electron chi connectivity index (χ4n) is 3.90. The molecule has 0 radical (unpaired) electrons. The first kappa shape index (κ1) is 21.8. The van der Waals surface area contributed by atoms with Crippen LogP contribution in [-0.2, 0) is 4.79 Å². The highest BCUT2D eigenvalue weighted by molar-refractivity contribution is 5.92. The molecule has 0 spiro atoms. The average molecular weight is 431 g/mol. The molecule has 0 atom stereocenters. The van der Waals surface area contributed by atoms with Crippen LogP contribution in [0.5, 0.6) is 11.6 Å². The first-order valence-corrected chi connectivity index (χ1v) is 11.2. The number of nitrogens with one attached hydrogen (secondary N) is 1. The van der Waals surface area contributed by atoms with E-state index in [1.54, 1.807) is 12.4 Å². The van der Waals surface area contributed by atoms with Gasteiger partial charge in [0.25, 0.3) is 5.88 Å². The number of rotatable bonds is 6. The molecule has 1 saturated heterocycles. The van der Waals surface area contributed by atoms with Crippen molar-refractivity contribution in [3.63, 3.8) is 0 Å². The van der Waals surface area contributed by atoms with Crippen LogP contribution in [0.25, 0.3) is 0 Å². The number of nitrogens with zero attached hydrogens (tertiary/aromatic N) is 3. The van der Waals surface area contributed by atoms with Gasteiger partial charge in [0, 0.05) is 37.1 Å². The molecule has 3 aromatic rings. The smallest absolute Gasteiger partial charge is 0.263 e. The minimum atomic E-state index is -0.0212. The zero-order valence-corrected chi connectivity index (χ0v) is 18.9. The fraction of sp³-hybridized carbons (Fsp3) is 0.346. The van der Waals surface area contributed by atoms with Crippen LogP contribution in [0.15, 0.2) is 60.9 Å². The van der Waals surface area contributed by atoms with Gasteiger partial charge in [0.2, 0.25) is 5.91 Å². The van der Waals surface area contributed by atoms with Gasteiger partial charge in [-0.25, -0.2) is 9.97 Å². The lowest BCUT2D eigenvalue weighted by atomic mass is 9.95. The van der Waals surface area contributed by atoms with E-state index in [0.717, 1.165) is 43.2 Å². The molecule has 0 saturated carbocycles. The molecular weight excluding hydrogens is 400 g/mol. The summed E-state index contributed by atoms with van der Waals surface area (Å²) >= 11 is 0. The minimum absolute atomic E-state index is 0.0212. The van der Waals surface area contributed by atoms with E-state index in [1.807, 2.05) is 43.3 Å². The molecule has 6 nitrogen and oxygen atoms in total. The molecule has 6 heteroatoms. The summed E-state index contributed by atoms with van der Waals surface area (Å²) in [5.74, 6) is 2.43. The Kier molecular flexibility index (Phi) is 6.69.